The van der Waals surface area contributed by atoms with Gasteiger partial charge in [-0.25, -0.2) is 4.79 Å². The van der Waals surface area contributed by atoms with Crippen LogP contribution in [0, 0.1) is 5.92 Å². The molecule has 0 bridgehead atoms. The van der Waals surface area contributed by atoms with E-state index in [1.807, 2.05) is 0 Å². The highest BCUT2D eigenvalue weighted by atomic mass is 16.6. The predicted octanol–water partition coefficient (Wildman–Crippen LogP) is 0.714. The summed E-state index contributed by atoms with van der Waals surface area (Å²) in [4.78, 5) is 34.4. The average Bonchev–Trinajstić information content (AvgIpc) is 2.78. The molecule has 1 aliphatic carbocycles. The first kappa shape index (κ1) is 13.7. The smallest absolute Gasteiger partial charge is 0.334 e. The molecule has 1 heterocycles. The number of ketones is 2. The number of Topliss-reactive ketones (excluding diaryl/α,β-unsaturated/α-hetero) is 2. The molecule has 19 heavy (non-hydrogen) atoms. The number of carbonyl (C=O) groups excluding carboxylic acids is 3. The molecule has 1 fully saturated rings. The lowest BCUT2D eigenvalue weighted by Crippen LogP contribution is -2.23. The molecule has 0 aromatic carbocycles. The Kier molecular flexibility index (Phi) is 3.66. The molecule has 0 unspecified atom stereocenters. The van der Waals surface area contributed by atoms with Gasteiger partial charge in [0.15, 0.2) is 5.78 Å². The number of esters is 1. The molecule has 0 aromatic rings. The fraction of sp³-hybridized carbons (Fsp3) is 0.500. The van der Waals surface area contributed by atoms with Crippen molar-refractivity contribution >= 4 is 17.5 Å². The van der Waals surface area contributed by atoms with E-state index in [0.29, 0.717) is 24.0 Å². The standard InChI is InChI=1S/C14H16O5/c1-7(15)3-4-10-8(2)14(18)19-13(10)11-5-9(16)6-12(11)17/h5,9-10,13,16H,2-4,6H2,1H3/t9-,10+,13+/m1/s1. The number of aliphatic hydroxyl groups excluding tert-OH is 1. The molecule has 2 rings (SSSR count). The van der Waals surface area contributed by atoms with Gasteiger partial charge in [-0.15, -0.1) is 0 Å². The number of hydrogen-bond donors (Lipinski definition) is 1. The van der Waals surface area contributed by atoms with Crippen LogP contribution in [0.15, 0.2) is 23.8 Å². The van der Waals surface area contributed by atoms with Crippen LogP contribution in [0.1, 0.15) is 26.2 Å². The second kappa shape index (κ2) is 5.09. The Morgan fingerprint density at radius 2 is 2.21 bits per heavy atom. The topological polar surface area (TPSA) is 80.7 Å². The molecule has 0 aromatic heterocycles. The summed E-state index contributed by atoms with van der Waals surface area (Å²) in [6.45, 7) is 5.14. The second-order valence-electron chi connectivity index (χ2n) is 5.01. The third-order valence-electron chi connectivity index (χ3n) is 3.51. The molecule has 0 saturated carbocycles. The molecule has 0 spiro atoms. The van der Waals surface area contributed by atoms with Crippen LogP contribution in [-0.2, 0) is 19.1 Å². The van der Waals surface area contributed by atoms with Gasteiger partial charge in [0, 0.05) is 29.9 Å². The summed E-state index contributed by atoms with van der Waals surface area (Å²) in [6.07, 6.45) is 0.661. The summed E-state index contributed by atoms with van der Waals surface area (Å²) in [7, 11) is 0. The number of cyclic esters (lactones) is 1. The van der Waals surface area contributed by atoms with E-state index in [4.69, 9.17) is 4.74 Å². The van der Waals surface area contributed by atoms with E-state index in [1.165, 1.54) is 13.0 Å². The summed E-state index contributed by atoms with van der Waals surface area (Å²) in [5.74, 6) is -1.10. The molecule has 0 amide bonds. The first-order chi connectivity index (χ1) is 8.90. The van der Waals surface area contributed by atoms with Crippen molar-refractivity contribution in [1.82, 2.24) is 0 Å². The highest BCUT2D eigenvalue weighted by Gasteiger charge is 2.44. The van der Waals surface area contributed by atoms with E-state index in [9.17, 15) is 19.5 Å². The average molecular weight is 264 g/mol. The first-order valence-corrected chi connectivity index (χ1v) is 6.22. The van der Waals surface area contributed by atoms with Crippen molar-refractivity contribution < 1.29 is 24.2 Å². The van der Waals surface area contributed by atoms with E-state index < -0.39 is 18.2 Å². The van der Waals surface area contributed by atoms with Gasteiger partial charge in [0.05, 0.1) is 6.10 Å². The van der Waals surface area contributed by atoms with Crippen molar-refractivity contribution in [2.75, 3.05) is 0 Å². The van der Waals surface area contributed by atoms with Gasteiger partial charge in [-0.3, -0.25) is 4.79 Å². The van der Waals surface area contributed by atoms with E-state index in [0.717, 1.165) is 0 Å². The van der Waals surface area contributed by atoms with Gasteiger partial charge in [0.2, 0.25) is 0 Å². The zero-order chi connectivity index (χ0) is 14.2. The lowest BCUT2D eigenvalue weighted by atomic mass is 9.87. The largest absolute Gasteiger partial charge is 0.453 e. The fourth-order valence-electron chi connectivity index (χ4n) is 2.49. The van der Waals surface area contributed by atoms with Crippen LogP contribution in [0.2, 0.25) is 0 Å². The van der Waals surface area contributed by atoms with Crippen LogP contribution >= 0.6 is 0 Å². The van der Waals surface area contributed by atoms with Crippen LogP contribution < -0.4 is 0 Å². The van der Waals surface area contributed by atoms with Gasteiger partial charge < -0.3 is 14.6 Å². The summed E-state index contributed by atoms with van der Waals surface area (Å²) in [5, 5.41) is 9.45. The molecule has 3 atom stereocenters. The minimum absolute atomic E-state index is 0.0117. The maximum atomic E-state index is 11.8. The van der Waals surface area contributed by atoms with E-state index in [1.54, 1.807) is 0 Å². The molecule has 102 valence electrons. The van der Waals surface area contributed by atoms with Crippen molar-refractivity contribution in [3.05, 3.63) is 23.8 Å². The van der Waals surface area contributed by atoms with Crippen LogP contribution in [0.5, 0.6) is 0 Å². The molecule has 1 N–H and O–H groups in total. The first-order valence-electron chi connectivity index (χ1n) is 6.22. The zero-order valence-corrected chi connectivity index (χ0v) is 10.7. The van der Waals surface area contributed by atoms with Gasteiger partial charge in [0.25, 0.3) is 0 Å². The van der Waals surface area contributed by atoms with Crippen molar-refractivity contribution in [3.8, 4) is 0 Å². The monoisotopic (exact) mass is 264 g/mol. The Morgan fingerprint density at radius 3 is 2.74 bits per heavy atom. The Bertz CT molecular complexity index is 488. The van der Waals surface area contributed by atoms with Crippen LogP contribution in [0.25, 0.3) is 0 Å². The Hall–Kier alpha value is -1.75. The van der Waals surface area contributed by atoms with E-state index in [-0.39, 0.29) is 23.9 Å². The highest BCUT2D eigenvalue weighted by Crippen LogP contribution is 2.37. The van der Waals surface area contributed by atoms with Gasteiger partial charge >= 0.3 is 5.97 Å². The lowest BCUT2D eigenvalue weighted by Gasteiger charge is -2.17. The molecular formula is C14H16O5. The molecular weight excluding hydrogens is 248 g/mol. The van der Waals surface area contributed by atoms with Gasteiger partial charge in [-0.1, -0.05) is 6.58 Å². The second-order valence-corrected chi connectivity index (χ2v) is 5.01. The van der Waals surface area contributed by atoms with Crippen LogP contribution in [-0.4, -0.2) is 34.9 Å². The van der Waals surface area contributed by atoms with Crippen molar-refractivity contribution in [3.63, 3.8) is 0 Å². The van der Waals surface area contributed by atoms with E-state index in [2.05, 4.69) is 6.58 Å². The van der Waals surface area contributed by atoms with Gasteiger partial charge in [0.1, 0.15) is 11.9 Å². The fourth-order valence-corrected chi connectivity index (χ4v) is 2.49. The Morgan fingerprint density at radius 1 is 1.53 bits per heavy atom. The molecule has 5 heteroatoms. The minimum atomic E-state index is -0.816. The maximum Gasteiger partial charge on any atom is 0.334 e. The summed E-state index contributed by atoms with van der Waals surface area (Å²) in [6, 6.07) is 0. The molecule has 1 saturated heterocycles. The highest BCUT2D eigenvalue weighted by molar-refractivity contribution is 6.01. The number of aliphatic hydroxyl groups is 1. The Labute approximate surface area is 110 Å². The molecule has 5 nitrogen and oxygen atoms in total. The van der Waals surface area contributed by atoms with Gasteiger partial charge in [-0.05, 0) is 19.4 Å². The quantitative estimate of drug-likeness (QED) is 0.597. The van der Waals surface area contributed by atoms with Crippen molar-refractivity contribution in [1.29, 1.82) is 0 Å². The summed E-state index contributed by atoms with van der Waals surface area (Å²) in [5.41, 5.74) is 0.620. The normalized spacial score (nSPS) is 30.5. The SMILES string of the molecule is C=C1C(=O)O[C@H](C2=C[C@@H](O)CC2=O)[C@H]1CCC(C)=O. The summed E-state index contributed by atoms with van der Waals surface area (Å²) >= 11 is 0. The lowest BCUT2D eigenvalue weighted by molar-refractivity contribution is -0.138. The van der Waals surface area contributed by atoms with Crippen molar-refractivity contribution in [2.24, 2.45) is 5.92 Å². The third kappa shape index (κ3) is 2.66. The zero-order valence-electron chi connectivity index (χ0n) is 10.7. The minimum Gasteiger partial charge on any atom is -0.453 e. The van der Waals surface area contributed by atoms with Crippen LogP contribution in [0.3, 0.4) is 0 Å². The van der Waals surface area contributed by atoms with Gasteiger partial charge in [-0.2, -0.15) is 0 Å². The molecule has 1 aliphatic heterocycles. The third-order valence-corrected chi connectivity index (χ3v) is 3.51. The Balaban J connectivity index is 2.20. The number of ether oxygens (including phenoxy) is 1. The maximum absolute atomic E-state index is 11.8. The molecule has 0 radical (unpaired) electrons. The van der Waals surface area contributed by atoms with Crippen molar-refractivity contribution in [2.45, 2.75) is 38.4 Å². The number of rotatable bonds is 4. The van der Waals surface area contributed by atoms with E-state index >= 15 is 0 Å². The number of carbonyl (C=O) groups is 3. The van der Waals surface area contributed by atoms with Crippen LogP contribution in [0.4, 0.5) is 0 Å². The molecule has 2 aliphatic rings. The summed E-state index contributed by atoms with van der Waals surface area (Å²) < 4.78 is 5.17. The predicted molar refractivity (Wildman–Crippen MR) is 66.1 cm³/mol. The number of hydrogen-bond acceptors (Lipinski definition) is 5.